The molecular weight excluding hydrogens is 554 g/mol. The van der Waals surface area contributed by atoms with Gasteiger partial charge in [-0.15, -0.1) is 0 Å². The van der Waals surface area contributed by atoms with E-state index in [2.05, 4.69) is 20.6 Å². The summed E-state index contributed by atoms with van der Waals surface area (Å²) >= 11 is 0. The summed E-state index contributed by atoms with van der Waals surface area (Å²) in [5.41, 5.74) is -0.128. The SMILES string of the molecule is Cn1c(=O)c2c(nc(S(C)(=O)=O)n2C)n(Cc2cnc(-c3cc(NC(=O)C4CC4)cc(NC(=O)C4CC4)c3)o2)c1=O. The normalized spacial score (nSPS) is 15.3. The molecule has 0 spiro atoms. The van der Waals surface area contributed by atoms with Crippen molar-refractivity contribution in [3.63, 3.8) is 0 Å². The van der Waals surface area contributed by atoms with Gasteiger partial charge >= 0.3 is 5.69 Å². The average Bonchev–Trinajstić information content (AvgIpc) is 3.84. The Labute approximate surface area is 232 Å². The van der Waals surface area contributed by atoms with Crippen LogP contribution < -0.4 is 21.9 Å². The molecule has 4 aromatic rings. The second-order valence-electron chi connectivity index (χ2n) is 10.6. The van der Waals surface area contributed by atoms with Gasteiger partial charge in [0, 0.05) is 49.1 Å². The number of carbonyl (C=O) groups excluding carboxylic acids is 2. The lowest BCUT2D eigenvalue weighted by Crippen LogP contribution is -2.38. The van der Waals surface area contributed by atoms with Crippen molar-refractivity contribution in [1.29, 1.82) is 0 Å². The fraction of sp³-hybridized carbons (Fsp3) is 0.385. The maximum Gasteiger partial charge on any atom is 0.332 e. The summed E-state index contributed by atoms with van der Waals surface area (Å²) in [7, 11) is -1.11. The van der Waals surface area contributed by atoms with Crippen molar-refractivity contribution in [3.8, 4) is 11.5 Å². The monoisotopic (exact) mass is 581 g/mol. The fourth-order valence-electron chi connectivity index (χ4n) is 4.63. The number of fused-ring (bicyclic) bond motifs is 1. The summed E-state index contributed by atoms with van der Waals surface area (Å²) in [5, 5.41) is 5.41. The van der Waals surface area contributed by atoms with Crippen LogP contribution in [0, 0.1) is 11.8 Å². The van der Waals surface area contributed by atoms with Crippen LogP contribution in [0.1, 0.15) is 31.4 Å². The molecule has 0 atom stereocenters. The minimum Gasteiger partial charge on any atom is -0.439 e. The Morgan fingerprint density at radius 3 is 2.10 bits per heavy atom. The number of hydrogen-bond acceptors (Lipinski definition) is 9. The highest BCUT2D eigenvalue weighted by Crippen LogP contribution is 2.34. The first-order chi connectivity index (χ1) is 19.4. The number of hydrogen-bond donors (Lipinski definition) is 2. The predicted octanol–water partition coefficient (Wildman–Crippen LogP) is 1.24. The van der Waals surface area contributed by atoms with Gasteiger partial charge in [0.05, 0.1) is 12.7 Å². The lowest BCUT2D eigenvalue weighted by molar-refractivity contribution is -0.118. The van der Waals surface area contributed by atoms with Crippen LogP contribution in [0.25, 0.3) is 22.6 Å². The molecule has 3 heterocycles. The number of nitrogens with one attached hydrogen (secondary N) is 2. The van der Waals surface area contributed by atoms with E-state index >= 15 is 0 Å². The molecule has 2 saturated carbocycles. The molecule has 15 heteroatoms. The quantitative estimate of drug-likeness (QED) is 0.309. The van der Waals surface area contributed by atoms with Gasteiger partial charge in [0.2, 0.25) is 32.7 Å². The van der Waals surface area contributed by atoms with Gasteiger partial charge in [0.15, 0.2) is 11.2 Å². The van der Waals surface area contributed by atoms with Crippen molar-refractivity contribution < 1.29 is 22.4 Å². The summed E-state index contributed by atoms with van der Waals surface area (Å²) in [4.78, 5) is 59.1. The molecule has 0 radical (unpaired) electrons. The van der Waals surface area contributed by atoms with E-state index in [4.69, 9.17) is 4.42 Å². The van der Waals surface area contributed by atoms with Gasteiger partial charge in [-0.3, -0.25) is 23.5 Å². The fourth-order valence-corrected chi connectivity index (χ4v) is 5.47. The highest BCUT2D eigenvalue weighted by atomic mass is 32.2. The summed E-state index contributed by atoms with van der Waals surface area (Å²) in [5.74, 6) is 0.140. The summed E-state index contributed by atoms with van der Waals surface area (Å²) in [6.07, 6.45) is 5.70. The van der Waals surface area contributed by atoms with E-state index in [1.165, 1.54) is 20.3 Å². The molecule has 41 heavy (non-hydrogen) atoms. The number of oxazole rings is 1. The van der Waals surface area contributed by atoms with Crippen molar-refractivity contribution in [2.75, 3.05) is 16.9 Å². The maximum absolute atomic E-state index is 13.1. The number of benzene rings is 1. The lowest BCUT2D eigenvalue weighted by Gasteiger charge is -2.11. The Morgan fingerprint density at radius 2 is 1.56 bits per heavy atom. The largest absolute Gasteiger partial charge is 0.439 e. The Bertz CT molecular complexity index is 1930. The minimum atomic E-state index is -3.80. The Hall–Kier alpha value is -4.53. The first-order valence-corrected chi connectivity index (χ1v) is 14.9. The van der Waals surface area contributed by atoms with Gasteiger partial charge in [0.25, 0.3) is 5.56 Å². The molecule has 0 bridgehead atoms. The molecule has 2 amide bonds. The molecule has 3 aromatic heterocycles. The van der Waals surface area contributed by atoms with Gasteiger partial charge in [-0.1, -0.05) is 0 Å². The molecule has 2 fully saturated rings. The van der Waals surface area contributed by atoms with Crippen LogP contribution in [0.3, 0.4) is 0 Å². The smallest absolute Gasteiger partial charge is 0.332 e. The first-order valence-electron chi connectivity index (χ1n) is 13.0. The van der Waals surface area contributed by atoms with Crippen molar-refractivity contribution in [2.45, 2.75) is 37.4 Å². The van der Waals surface area contributed by atoms with Gasteiger partial charge in [-0.2, -0.15) is 4.98 Å². The third kappa shape index (κ3) is 5.08. The number of imidazole rings is 1. The van der Waals surface area contributed by atoms with Crippen LogP contribution in [0.5, 0.6) is 0 Å². The van der Waals surface area contributed by atoms with Crippen molar-refractivity contribution in [2.24, 2.45) is 25.9 Å². The molecule has 0 unspecified atom stereocenters. The molecule has 14 nitrogen and oxygen atoms in total. The highest BCUT2D eigenvalue weighted by Gasteiger charge is 2.31. The zero-order valence-electron chi connectivity index (χ0n) is 22.5. The van der Waals surface area contributed by atoms with E-state index in [1.807, 2.05) is 0 Å². The number of aromatic nitrogens is 5. The summed E-state index contributed by atoms with van der Waals surface area (Å²) in [6.45, 7) is -0.194. The number of rotatable bonds is 8. The van der Waals surface area contributed by atoms with Crippen molar-refractivity contribution >= 4 is 44.2 Å². The number of aryl methyl sites for hydroxylation is 1. The number of sulfone groups is 1. The van der Waals surface area contributed by atoms with E-state index in [9.17, 15) is 27.6 Å². The third-order valence-electron chi connectivity index (χ3n) is 7.13. The second-order valence-corrected chi connectivity index (χ2v) is 12.5. The topological polar surface area (TPSA) is 180 Å². The minimum absolute atomic E-state index is 0.0247. The summed E-state index contributed by atoms with van der Waals surface area (Å²) in [6, 6.07) is 5.03. The first kappa shape index (κ1) is 26.7. The molecule has 2 aliphatic rings. The van der Waals surface area contributed by atoms with Crippen LogP contribution >= 0.6 is 0 Å². The van der Waals surface area contributed by atoms with E-state index in [0.717, 1.165) is 45.6 Å². The number of anilines is 2. The van der Waals surface area contributed by atoms with Gasteiger partial charge in [0.1, 0.15) is 5.76 Å². The van der Waals surface area contributed by atoms with E-state index in [-0.39, 0.29) is 58.2 Å². The molecule has 2 N–H and O–H groups in total. The molecular formula is C26H27N7O7S. The zero-order chi connectivity index (χ0) is 29.2. The number of carbonyl (C=O) groups is 2. The van der Waals surface area contributed by atoms with Gasteiger partial charge < -0.3 is 19.6 Å². The molecule has 214 valence electrons. The maximum atomic E-state index is 13.1. The Morgan fingerprint density at radius 1 is 0.976 bits per heavy atom. The standard InChI is InChI=1S/C26H27N7O7S/c1-31-19-20(30-25(31)41(3,38)39)33(26(37)32(2)24(19)36)12-18-11-27-23(40-18)15-8-16(28-21(34)13-4-5-13)10-17(9-15)29-22(35)14-6-7-14/h8-11,13-14H,4-7,12H2,1-3H3,(H,28,34)(H,29,35). The molecule has 0 saturated heterocycles. The Balaban J connectivity index is 1.37. The van der Waals surface area contributed by atoms with E-state index < -0.39 is 21.1 Å². The lowest BCUT2D eigenvalue weighted by atomic mass is 10.1. The number of amides is 2. The van der Waals surface area contributed by atoms with E-state index in [1.54, 1.807) is 18.2 Å². The van der Waals surface area contributed by atoms with Crippen molar-refractivity contribution in [1.82, 2.24) is 23.7 Å². The van der Waals surface area contributed by atoms with Crippen LogP contribution in [-0.4, -0.2) is 50.2 Å². The molecule has 1 aromatic carbocycles. The van der Waals surface area contributed by atoms with Gasteiger partial charge in [-0.05, 0) is 43.9 Å². The highest BCUT2D eigenvalue weighted by molar-refractivity contribution is 7.90. The van der Waals surface area contributed by atoms with Gasteiger partial charge in [-0.25, -0.2) is 18.2 Å². The second kappa shape index (κ2) is 9.54. The summed E-state index contributed by atoms with van der Waals surface area (Å²) < 4.78 is 33.6. The van der Waals surface area contributed by atoms with E-state index in [0.29, 0.717) is 16.9 Å². The number of nitrogens with zero attached hydrogens (tertiary/aromatic N) is 5. The molecule has 0 aliphatic heterocycles. The van der Waals surface area contributed by atoms with Crippen LogP contribution in [0.4, 0.5) is 11.4 Å². The van der Waals surface area contributed by atoms with Crippen molar-refractivity contribution in [3.05, 3.63) is 51.0 Å². The zero-order valence-corrected chi connectivity index (χ0v) is 23.3. The average molecular weight is 582 g/mol. The van der Waals surface area contributed by atoms with Crippen LogP contribution in [0.2, 0.25) is 0 Å². The molecule has 6 rings (SSSR count). The third-order valence-corrected chi connectivity index (χ3v) is 8.16. The van der Waals surface area contributed by atoms with Crippen LogP contribution in [0.15, 0.2) is 43.6 Å². The van der Waals surface area contributed by atoms with Crippen LogP contribution in [-0.2, 0) is 40.1 Å². The molecule has 2 aliphatic carbocycles. The predicted molar refractivity (Wildman–Crippen MR) is 147 cm³/mol. The Kier molecular flexibility index (Phi) is 6.21.